The Morgan fingerprint density at radius 1 is 0.967 bits per heavy atom. The van der Waals surface area contributed by atoms with Gasteiger partial charge in [0.1, 0.15) is 11.2 Å². The van der Waals surface area contributed by atoms with E-state index in [-0.39, 0.29) is 5.13 Å². The number of nitrogens with zero attached hydrogens (tertiary/aromatic N) is 5. The average molecular weight is 413 g/mol. The topological polar surface area (TPSA) is 96.0 Å². The van der Waals surface area contributed by atoms with Crippen LogP contribution < -0.4 is 0 Å². The molecule has 6 aromatic heterocycles. The van der Waals surface area contributed by atoms with E-state index >= 15 is 0 Å². The first-order valence-corrected chi connectivity index (χ1v) is 9.93. The summed E-state index contributed by atoms with van der Waals surface area (Å²) in [6.07, 6.45) is 6.91. The number of imidazole rings is 1. The van der Waals surface area contributed by atoms with Crippen molar-refractivity contribution in [1.29, 1.82) is 0 Å². The summed E-state index contributed by atoms with van der Waals surface area (Å²) in [5.41, 5.74) is 5.38. The molecule has 0 saturated heterocycles. The number of nitrogens with one attached hydrogen (secondary N) is 2. The van der Waals surface area contributed by atoms with Crippen LogP contribution in [0.15, 0.2) is 61.2 Å². The molecule has 9 heteroatoms. The van der Waals surface area contributed by atoms with Crippen LogP contribution in [-0.2, 0) is 0 Å². The molecule has 0 bridgehead atoms. The highest BCUT2D eigenvalue weighted by Crippen LogP contribution is 2.34. The van der Waals surface area contributed by atoms with Gasteiger partial charge in [0.2, 0.25) is 0 Å². The van der Waals surface area contributed by atoms with Gasteiger partial charge in [-0.1, -0.05) is 0 Å². The van der Waals surface area contributed by atoms with Crippen LogP contribution >= 0.6 is 11.3 Å². The number of pyridine rings is 3. The van der Waals surface area contributed by atoms with Gasteiger partial charge in [0, 0.05) is 40.0 Å². The van der Waals surface area contributed by atoms with Crippen LogP contribution in [0.25, 0.3) is 55.3 Å². The number of H-pyrrole nitrogens is 2. The Bertz CT molecular complexity index is 1520. The Morgan fingerprint density at radius 3 is 2.70 bits per heavy atom. The first-order chi connectivity index (χ1) is 14.8. The van der Waals surface area contributed by atoms with Gasteiger partial charge in [-0.2, -0.15) is 9.49 Å². The molecule has 0 aliphatic heterocycles. The Balaban J connectivity index is 1.52. The Labute approximate surface area is 172 Å². The van der Waals surface area contributed by atoms with E-state index in [1.807, 2.05) is 24.3 Å². The first-order valence-electron chi connectivity index (χ1n) is 9.11. The highest BCUT2D eigenvalue weighted by Gasteiger charge is 2.17. The predicted molar refractivity (Wildman–Crippen MR) is 113 cm³/mol. The number of fused-ring (bicyclic) bond motifs is 2. The number of hydrogen-bond donors (Lipinski definition) is 2. The number of halogens is 1. The maximum Gasteiger partial charge on any atom is 0.176 e. The number of thiophene rings is 1. The van der Waals surface area contributed by atoms with Crippen LogP contribution in [0.2, 0.25) is 0 Å². The minimum atomic E-state index is -0.236. The molecule has 30 heavy (non-hydrogen) atoms. The van der Waals surface area contributed by atoms with E-state index in [0.717, 1.165) is 43.9 Å². The van der Waals surface area contributed by atoms with Gasteiger partial charge in [0.05, 0.1) is 17.4 Å². The van der Waals surface area contributed by atoms with Crippen molar-refractivity contribution >= 4 is 33.4 Å². The second-order valence-corrected chi connectivity index (χ2v) is 7.70. The Morgan fingerprint density at radius 2 is 1.87 bits per heavy atom. The fraction of sp³-hybridized carbons (Fsp3) is 0. The summed E-state index contributed by atoms with van der Waals surface area (Å²) < 4.78 is 13.5. The second-order valence-electron chi connectivity index (χ2n) is 6.67. The monoisotopic (exact) mass is 413 g/mol. The Hall–Kier alpha value is -3.98. The number of aromatic nitrogens is 7. The summed E-state index contributed by atoms with van der Waals surface area (Å²) in [4.78, 5) is 21.7. The van der Waals surface area contributed by atoms with E-state index < -0.39 is 0 Å². The van der Waals surface area contributed by atoms with E-state index in [4.69, 9.17) is 4.98 Å². The molecule has 7 nitrogen and oxygen atoms in total. The number of hydrogen-bond acceptors (Lipinski definition) is 6. The highest BCUT2D eigenvalue weighted by molar-refractivity contribution is 7.14. The molecule has 144 valence electrons. The number of rotatable bonds is 3. The van der Waals surface area contributed by atoms with Gasteiger partial charge < -0.3 is 4.98 Å². The molecule has 0 spiro atoms. The molecule has 0 aromatic carbocycles. The van der Waals surface area contributed by atoms with Crippen molar-refractivity contribution in [2.45, 2.75) is 0 Å². The third kappa shape index (κ3) is 2.67. The van der Waals surface area contributed by atoms with E-state index in [1.165, 1.54) is 6.07 Å². The first kappa shape index (κ1) is 16.9. The van der Waals surface area contributed by atoms with E-state index in [0.29, 0.717) is 22.7 Å². The van der Waals surface area contributed by atoms with E-state index in [2.05, 4.69) is 30.1 Å². The van der Waals surface area contributed by atoms with Crippen molar-refractivity contribution in [3.8, 4) is 33.2 Å². The maximum absolute atomic E-state index is 13.5. The van der Waals surface area contributed by atoms with Gasteiger partial charge >= 0.3 is 0 Å². The molecule has 2 N–H and O–H groups in total. The summed E-state index contributed by atoms with van der Waals surface area (Å²) in [5.74, 6) is 0.583. The van der Waals surface area contributed by atoms with Crippen molar-refractivity contribution < 1.29 is 4.39 Å². The van der Waals surface area contributed by atoms with Crippen LogP contribution in [0.4, 0.5) is 4.39 Å². The quantitative estimate of drug-likeness (QED) is 0.433. The maximum atomic E-state index is 13.5. The van der Waals surface area contributed by atoms with Crippen molar-refractivity contribution in [2.75, 3.05) is 0 Å². The smallest absolute Gasteiger partial charge is 0.176 e. The molecule has 0 fully saturated rings. The normalized spacial score (nSPS) is 11.5. The summed E-state index contributed by atoms with van der Waals surface area (Å²) in [7, 11) is 0. The van der Waals surface area contributed by atoms with Crippen LogP contribution in [0, 0.1) is 5.13 Å². The van der Waals surface area contributed by atoms with Gasteiger partial charge in [0.25, 0.3) is 0 Å². The van der Waals surface area contributed by atoms with Crippen molar-refractivity contribution in [1.82, 2.24) is 35.1 Å². The van der Waals surface area contributed by atoms with E-state index in [9.17, 15) is 4.39 Å². The largest absolute Gasteiger partial charge is 0.321 e. The van der Waals surface area contributed by atoms with Gasteiger partial charge in [-0.25, -0.2) is 9.97 Å². The lowest BCUT2D eigenvalue weighted by molar-refractivity contribution is 0.657. The lowest BCUT2D eigenvalue weighted by Gasteiger charge is -2.00. The molecule has 0 atom stereocenters. The molecule has 0 aliphatic rings. The van der Waals surface area contributed by atoms with Gasteiger partial charge in [-0.15, -0.1) is 11.3 Å². The lowest BCUT2D eigenvalue weighted by atomic mass is 10.1. The summed E-state index contributed by atoms with van der Waals surface area (Å²) in [6, 6.07) is 10.8. The standard InChI is InChI=1S/C21H12FN7S/c22-17-2-1-16(30-17)12-5-8-24-20-18(12)26-21(27-20)19-13-9-14(11-3-6-23-7-4-11)25-10-15(13)28-29-19/h1-10H,(H,28,29)(H,24,26,27). The van der Waals surface area contributed by atoms with Gasteiger partial charge in [-0.05, 0) is 36.4 Å². The molecule has 6 rings (SSSR count). The molecular weight excluding hydrogens is 401 g/mol. The zero-order valence-corrected chi connectivity index (χ0v) is 16.1. The third-order valence-electron chi connectivity index (χ3n) is 4.87. The molecule has 6 heterocycles. The summed E-state index contributed by atoms with van der Waals surface area (Å²) in [6.45, 7) is 0. The zero-order valence-electron chi connectivity index (χ0n) is 15.3. The molecule has 0 amide bonds. The summed E-state index contributed by atoms with van der Waals surface area (Å²) in [5, 5.41) is 8.10. The Kier molecular flexibility index (Phi) is 3.68. The molecule has 6 aromatic rings. The van der Waals surface area contributed by atoms with Gasteiger partial charge in [-0.3, -0.25) is 15.1 Å². The van der Waals surface area contributed by atoms with Gasteiger partial charge in [0.15, 0.2) is 16.6 Å². The lowest BCUT2D eigenvalue weighted by Crippen LogP contribution is -1.85. The fourth-order valence-electron chi connectivity index (χ4n) is 3.46. The molecular formula is C21H12FN7S. The predicted octanol–water partition coefficient (Wildman–Crippen LogP) is 4.83. The van der Waals surface area contributed by atoms with Crippen LogP contribution in [-0.4, -0.2) is 35.1 Å². The van der Waals surface area contributed by atoms with Crippen LogP contribution in [0.3, 0.4) is 0 Å². The minimum absolute atomic E-state index is 0.236. The molecule has 0 saturated carbocycles. The van der Waals surface area contributed by atoms with Crippen LogP contribution in [0.5, 0.6) is 0 Å². The molecule has 0 unspecified atom stereocenters. The summed E-state index contributed by atoms with van der Waals surface area (Å²) >= 11 is 1.08. The molecule has 0 radical (unpaired) electrons. The van der Waals surface area contributed by atoms with E-state index in [1.54, 1.807) is 30.9 Å². The average Bonchev–Trinajstić information content (AvgIpc) is 3.51. The SMILES string of the molecule is Fc1ccc(-c2ccnc3[nH]c(-c4n[nH]c5cnc(-c6ccncc6)cc45)nc23)s1. The van der Waals surface area contributed by atoms with Crippen LogP contribution in [0.1, 0.15) is 0 Å². The minimum Gasteiger partial charge on any atom is -0.321 e. The zero-order chi connectivity index (χ0) is 20.1. The highest BCUT2D eigenvalue weighted by atomic mass is 32.1. The fourth-order valence-corrected chi connectivity index (χ4v) is 4.22. The van der Waals surface area contributed by atoms with Crippen molar-refractivity contribution in [3.05, 3.63) is 66.3 Å². The van der Waals surface area contributed by atoms with Crippen molar-refractivity contribution in [3.63, 3.8) is 0 Å². The number of aromatic amines is 2. The van der Waals surface area contributed by atoms with Crippen molar-refractivity contribution in [2.24, 2.45) is 0 Å². The molecule has 0 aliphatic carbocycles. The third-order valence-corrected chi connectivity index (χ3v) is 5.78. The second kappa shape index (κ2) is 6.53.